The topological polar surface area (TPSA) is 81.5 Å². The Hall–Kier alpha value is -2.96. The number of nitrogens with zero attached hydrogens (tertiary/aromatic N) is 1. The SMILES string of the molecule is O=C(NCCOc1ccccc1F)c1cccc([N+](=O)[O-])c1. The molecule has 2 aromatic rings. The number of nitrogens with one attached hydrogen (secondary N) is 1. The third kappa shape index (κ3) is 4.02. The van der Waals surface area contributed by atoms with Crippen molar-refractivity contribution in [2.75, 3.05) is 13.2 Å². The van der Waals surface area contributed by atoms with Gasteiger partial charge < -0.3 is 10.1 Å². The molecule has 0 atom stereocenters. The first-order valence-electron chi connectivity index (χ1n) is 6.48. The van der Waals surface area contributed by atoms with E-state index in [4.69, 9.17) is 4.74 Å². The van der Waals surface area contributed by atoms with Gasteiger partial charge in [0.2, 0.25) is 0 Å². The molecule has 114 valence electrons. The van der Waals surface area contributed by atoms with Gasteiger partial charge in [-0.2, -0.15) is 0 Å². The third-order valence-electron chi connectivity index (χ3n) is 2.80. The predicted octanol–water partition coefficient (Wildman–Crippen LogP) is 2.54. The van der Waals surface area contributed by atoms with Gasteiger partial charge in [-0.3, -0.25) is 14.9 Å². The normalized spacial score (nSPS) is 10.0. The Balaban J connectivity index is 1.84. The third-order valence-corrected chi connectivity index (χ3v) is 2.80. The molecule has 0 bridgehead atoms. The lowest BCUT2D eigenvalue weighted by atomic mass is 10.2. The fourth-order valence-corrected chi connectivity index (χ4v) is 1.75. The highest BCUT2D eigenvalue weighted by molar-refractivity contribution is 5.94. The van der Waals surface area contributed by atoms with Crippen molar-refractivity contribution in [1.82, 2.24) is 5.32 Å². The Kier molecular flexibility index (Phi) is 5.02. The molecule has 0 aliphatic heterocycles. The summed E-state index contributed by atoms with van der Waals surface area (Å²) in [6.45, 7) is 0.234. The van der Waals surface area contributed by atoms with Crippen molar-refractivity contribution in [1.29, 1.82) is 0 Å². The fourth-order valence-electron chi connectivity index (χ4n) is 1.75. The summed E-state index contributed by atoms with van der Waals surface area (Å²) in [5, 5.41) is 13.2. The number of hydrogen-bond acceptors (Lipinski definition) is 4. The minimum absolute atomic E-state index is 0.0849. The lowest BCUT2D eigenvalue weighted by Crippen LogP contribution is -2.28. The second-order valence-corrected chi connectivity index (χ2v) is 4.34. The van der Waals surface area contributed by atoms with Crippen molar-refractivity contribution >= 4 is 11.6 Å². The van der Waals surface area contributed by atoms with Gasteiger partial charge in [0.05, 0.1) is 11.5 Å². The molecular formula is C15H13FN2O4. The molecule has 0 saturated heterocycles. The van der Waals surface area contributed by atoms with Gasteiger partial charge in [-0.05, 0) is 18.2 Å². The number of hydrogen-bond donors (Lipinski definition) is 1. The number of para-hydroxylation sites is 1. The number of carbonyl (C=O) groups excluding carboxylic acids is 1. The number of benzene rings is 2. The van der Waals surface area contributed by atoms with Gasteiger partial charge in [0, 0.05) is 17.7 Å². The van der Waals surface area contributed by atoms with Gasteiger partial charge in [0.1, 0.15) is 6.61 Å². The molecule has 0 aliphatic rings. The fraction of sp³-hybridized carbons (Fsp3) is 0.133. The second-order valence-electron chi connectivity index (χ2n) is 4.34. The summed E-state index contributed by atoms with van der Waals surface area (Å²) in [7, 11) is 0. The van der Waals surface area contributed by atoms with Crippen LogP contribution in [0.5, 0.6) is 5.75 Å². The highest BCUT2D eigenvalue weighted by atomic mass is 19.1. The summed E-state index contributed by atoms with van der Waals surface area (Å²) in [6.07, 6.45) is 0. The van der Waals surface area contributed by atoms with E-state index in [-0.39, 0.29) is 30.2 Å². The largest absolute Gasteiger partial charge is 0.489 e. The zero-order valence-corrected chi connectivity index (χ0v) is 11.5. The molecule has 1 N–H and O–H groups in total. The van der Waals surface area contributed by atoms with Crippen molar-refractivity contribution < 1.29 is 18.8 Å². The molecule has 0 saturated carbocycles. The first-order valence-corrected chi connectivity index (χ1v) is 6.48. The molecular weight excluding hydrogens is 291 g/mol. The lowest BCUT2D eigenvalue weighted by molar-refractivity contribution is -0.384. The highest BCUT2D eigenvalue weighted by Crippen LogP contribution is 2.15. The molecule has 0 heterocycles. The van der Waals surface area contributed by atoms with E-state index in [2.05, 4.69) is 5.32 Å². The van der Waals surface area contributed by atoms with Crippen LogP contribution in [0, 0.1) is 15.9 Å². The Morgan fingerprint density at radius 3 is 2.73 bits per heavy atom. The smallest absolute Gasteiger partial charge is 0.270 e. The van der Waals surface area contributed by atoms with Crippen molar-refractivity contribution in [3.8, 4) is 5.75 Å². The second kappa shape index (κ2) is 7.16. The van der Waals surface area contributed by atoms with E-state index in [9.17, 15) is 19.3 Å². The standard InChI is InChI=1S/C15H13FN2O4/c16-13-6-1-2-7-14(13)22-9-8-17-15(19)11-4-3-5-12(10-11)18(20)21/h1-7,10H,8-9H2,(H,17,19). The summed E-state index contributed by atoms with van der Waals surface area (Å²) < 4.78 is 18.5. The van der Waals surface area contributed by atoms with E-state index in [1.165, 1.54) is 36.4 Å². The van der Waals surface area contributed by atoms with Crippen LogP contribution in [0.2, 0.25) is 0 Å². The first-order chi connectivity index (χ1) is 10.6. The zero-order chi connectivity index (χ0) is 15.9. The minimum Gasteiger partial charge on any atom is -0.489 e. The molecule has 22 heavy (non-hydrogen) atoms. The van der Waals surface area contributed by atoms with Crippen LogP contribution in [0.4, 0.5) is 10.1 Å². The van der Waals surface area contributed by atoms with E-state index in [1.807, 2.05) is 0 Å². The molecule has 7 heteroatoms. The summed E-state index contributed by atoms with van der Waals surface area (Å²) in [4.78, 5) is 21.9. The summed E-state index contributed by atoms with van der Waals surface area (Å²) in [5.74, 6) is -0.833. The Morgan fingerprint density at radius 2 is 2.00 bits per heavy atom. The number of amides is 1. The van der Waals surface area contributed by atoms with Crippen molar-refractivity contribution in [3.63, 3.8) is 0 Å². The number of carbonyl (C=O) groups is 1. The van der Waals surface area contributed by atoms with Crippen LogP contribution < -0.4 is 10.1 Å². The van der Waals surface area contributed by atoms with Crippen LogP contribution in [0.3, 0.4) is 0 Å². The van der Waals surface area contributed by atoms with Gasteiger partial charge in [-0.15, -0.1) is 0 Å². The van der Waals surface area contributed by atoms with Crippen LogP contribution >= 0.6 is 0 Å². The molecule has 0 aliphatic carbocycles. The van der Waals surface area contributed by atoms with Gasteiger partial charge in [-0.25, -0.2) is 4.39 Å². The minimum atomic E-state index is -0.571. The highest BCUT2D eigenvalue weighted by Gasteiger charge is 2.11. The molecule has 6 nitrogen and oxygen atoms in total. The summed E-state index contributed by atoms with van der Waals surface area (Å²) in [6, 6.07) is 11.3. The average molecular weight is 304 g/mol. The van der Waals surface area contributed by atoms with E-state index < -0.39 is 16.6 Å². The monoisotopic (exact) mass is 304 g/mol. The molecule has 0 aromatic heterocycles. The molecule has 0 radical (unpaired) electrons. The van der Waals surface area contributed by atoms with Crippen LogP contribution in [0.15, 0.2) is 48.5 Å². The van der Waals surface area contributed by atoms with Crippen LogP contribution in [-0.2, 0) is 0 Å². The number of nitro benzene ring substituents is 1. The van der Waals surface area contributed by atoms with E-state index >= 15 is 0 Å². The number of non-ortho nitro benzene ring substituents is 1. The first kappa shape index (κ1) is 15.4. The van der Waals surface area contributed by atoms with Gasteiger partial charge in [0.25, 0.3) is 11.6 Å². The van der Waals surface area contributed by atoms with Gasteiger partial charge >= 0.3 is 0 Å². The van der Waals surface area contributed by atoms with E-state index in [0.717, 1.165) is 0 Å². The summed E-state index contributed by atoms with van der Waals surface area (Å²) >= 11 is 0. The van der Waals surface area contributed by atoms with Crippen LogP contribution in [-0.4, -0.2) is 24.0 Å². The van der Waals surface area contributed by atoms with E-state index in [1.54, 1.807) is 12.1 Å². The predicted molar refractivity (Wildman–Crippen MR) is 77.3 cm³/mol. The van der Waals surface area contributed by atoms with Crippen molar-refractivity contribution in [3.05, 3.63) is 70.0 Å². The Morgan fingerprint density at radius 1 is 1.23 bits per heavy atom. The molecule has 2 rings (SSSR count). The maximum atomic E-state index is 13.3. The van der Waals surface area contributed by atoms with Gasteiger partial charge in [0.15, 0.2) is 11.6 Å². The Bertz CT molecular complexity index is 691. The molecule has 1 amide bonds. The maximum absolute atomic E-state index is 13.3. The van der Waals surface area contributed by atoms with Crippen molar-refractivity contribution in [2.45, 2.75) is 0 Å². The Labute approximate surface area is 125 Å². The number of nitro groups is 1. The van der Waals surface area contributed by atoms with Crippen LogP contribution in [0.1, 0.15) is 10.4 Å². The number of rotatable bonds is 6. The quantitative estimate of drug-likeness (QED) is 0.505. The molecule has 0 spiro atoms. The molecule has 0 unspecified atom stereocenters. The lowest BCUT2D eigenvalue weighted by Gasteiger charge is -2.08. The maximum Gasteiger partial charge on any atom is 0.270 e. The van der Waals surface area contributed by atoms with Crippen molar-refractivity contribution in [2.24, 2.45) is 0 Å². The van der Waals surface area contributed by atoms with Crippen LogP contribution in [0.25, 0.3) is 0 Å². The molecule has 0 fully saturated rings. The zero-order valence-electron chi connectivity index (χ0n) is 11.5. The summed E-state index contributed by atoms with van der Waals surface area (Å²) in [5.41, 5.74) is 0.0235. The van der Waals surface area contributed by atoms with E-state index in [0.29, 0.717) is 0 Å². The average Bonchev–Trinajstić information content (AvgIpc) is 2.53. The number of ether oxygens (including phenoxy) is 1. The van der Waals surface area contributed by atoms with Gasteiger partial charge in [-0.1, -0.05) is 18.2 Å². The molecule has 2 aromatic carbocycles. The number of halogens is 1.